The molecule has 1 amide bonds. The van der Waals surface area contributed by atoms with E-state index in [2.05, 4.69) is 0 Å². The van der Waals surface area contributed by atoms with Crippen molar-refractivity contribution in [2.45, 2.75) is 32.7 Å². The highest BCUT2D eigenvalue weighted by atomic mass is 16.8. The van der Waals surface area contributed by atoms with Crippen molar-refractivity contribution < 1.29 is 14.4 Å². The fraction of sp³-hybridized carbons (Fsp3) is 0.857. The van der Waals surface area contributed by atoms with Crippen molar-refractivity contribution in [2.75, 3.05) is 7.05 Å². The Balaban J connectivity index is 4.07. The summed E-state index contributed by atoms with van der Waals surface area (Å²) in [5.74, 6) is 5.66. The molecule has 0 fully saturated rings. The number of amides is 1. The van der Waals surface area contributed by atoms with E-state index >= 15 is 0 Å². The Labute approximate surface area is 72.8 Å². The van der Waals surface area contributed by atoms with Crippen LogP contribution in [0.3, 0.4) is 0 Å². The molecule has 2 unspecified atom stereocenters. The first-order valence-electron chi connectivity index (χ1n) is 4.04. The molecule has 0 radical (unpaired) electrons. The number of hydrogen-bond acceptors (Lipinski definition) is 3. The number of hydrogen-bond donors (Lipinski definition) is 2. The molecule has 0 aliphatic carbocycles. The lowest BCUT2D eigenvalue weighted by atomic mass is 10.2. The number of nitrogens with two attached hydrogens (primary N) is 2. The lowest BCUT2D eigenvalue weighted by Gasteiger charge is -2.29. The maximum atomic E-state index is 10.4. The number of primary amides is 1. The largest absolute Gasteiger partial charge is 0.462 e. The number of rotatable bonds is 4. The third kappa shape index (κ3) is 3.54. The Morgan fingerprint density at radius 1 is 1.67 bits per heavy atom. The summed E-state index contributed by atoms with van der Waals surface area (Å²) in [6, 6.07) is 0.0579. The summed E-state index contributed by atoms with van der Waals surface area (Å²) >= 11 is 0. The van der Waals surface area contributed by atoms with Crippen LogP contribution in [0.25, 0.3) is 0 Å². The Morgan fingerprint density at radius 2 is 2.17 bits per heavy atom. The fourth-order valence-corrected chi connectivity index (χ4v) is 0.958. The van der Waals surface area contributed by atoms with Crippen LogP contribution in [0.2, 0.25) is 0 Å². The lowest BCUT2D eigenvalue weighted by Crippen LogP contribution is -2.58. The van der Waals surface area contributed by atoms with Gasteiger partial charge < -0.3 is 5.73 Å². The van der Waals surface area contributed by atoms with E-state index in [4.69, 9.17) is 16.4 Å². The lowest BCUT2D eigenvalue weighted by molar-refractivity contribution is -1.10. The maximum Gasteiger partial charge on any atom is 0.462 e. The monoisotopic (exact) mass is 176 g/mol. The average molecular weight is 176 g/mol. The summed E-state index contributed by atoms with van der Waals surface area (Å²) in [6.45, 7) is 3.95. The predicted octanol–water partition coefficient (Wildman–Crippen LogP) is 0.506. The van der Waals surface area contributed by atoms with Crippen molar-refractivity contribution >= 4 is 6.09 Å². The van der Waals surface area contributed by atoms with E-state index in [0.29, 0.717) is 0 Å². The summed E-state index contributed by atoms with van der Waals surface area (Å²) < 4.78 is -0.302. The quantitative estimate of drug-likeness (QED) is 0.372. The number of carbonyl (C=O) groups is 1. The van der Waals surface area contributed by atoms with Gasteiger partial charge in [-0.3, -0.25) is 0 Å². The van der Waals surface area contributed by atoms with Gasteiger partial charge in [-0.05, 0) is 6.92 Å². The van der Waals surface area contributed by atoms with Crippen LogP contribution >= 0.6 is 0 Å². The minimum Gasteiger partial charge on any atom is -0.330 e. The van der Waals surface area contributed by atoms with E-state index in [0.717, 1.165) is 12.8 Å². The van der Waals surface area contributed by atoms with Crippen molar-refractivity contribution in [3.05, 3.63) is 0 Å². The summed E-state index contributed by atoms with van der Waals surface area (Å²) in [4.78, 5) is 15.1. The SMILES string of the molecule is CCCC(C)[N+](C)(N)OC(N)=O. The molecule has 0 heterocycles. The first kappa shape index (κ1) is 11.2. The molecule has 0 aromatic rings. The van der Waals surface area contributed by atoms with Crippen molar-refractivity contribution in [1.29, 1.82) is 0 Å². The molecule has 72 valence electrons. The van der Waals surface area contributed by atoms with Gasteiger partial charge >= 0.3 is 6.09 Å². The molecule has 0 aromatic heterocycles. The van der Waals surface area contributed by atoms with Crippen molar-refractivity contribution in [1.82, 2.24) is 0 Å². The topological polar surface area (TPSA) is 78.3 Å². The van der Waals surface area contributed by atoms with Crippen LogP contribution in [0.4, 0.5) is 4.79 Å². The Bertz CT molecular complexity index is 159. The van der Waals surface area contributed by atoms with Crippen LogP contribution in [-0.2, 0) is 4.84 Å². The standard InChI is InChI=1S/C7H17N3O2/c1-4-5-6(2)10(3,9)12-7(8)11/h6H,4-5,9H2,1-3H3,(H-,8,11)/p+1. The van der Waals surface area contributed by atoms with E-state index < -0.39 is 6.09 Å². The zero-order valence-electron chi connectivity index (χ0n) is 7.91. The molecule has 2 atom stereocenters. The first-order valence-corrected chi connectivity index (χ1v) is 4.04. The molecule has 5 nitrogen and oxygen atoms in total. The van der Waals surface area contributed by atoms with E-state index in [-0.39, 0.29) is 10.8 Å². The molecule has 0 spiro atoms. The molecule has 0 saturated carbocycles. The van der Waals surface area contributed by atoms with Gasteiger partial charge in [-0.2, -0.15) is 0 Å². The highest BCUT2D eigenvalue weighted by molar-refractivity contribution is 5.63. The van der Waals surface area contributed by atoms with Gasteiger partial charge in [0.15, 0.2) is 0 Å². The fourth-order valence-electron chi connectivity index (χ4n) is 0.958. The second-order valence-electron chi connectivity index (χ2n) is 3.11. The van der Waals surface area contributed by atoms with Crippen LogP contribution in [-0.4, -0.2) is 23.9 Å². The van der Waals surface area contributed by atoms with Crippen molar-refractivity contribution in [3.63, 3.8) is 0 Å². The van der Waals surface area contributed by atoms with Gasteiger partial charge in [0.05, 0.1) is 0 Å². The second-order valence-corrected chi connectivity index (χ2v) is 3.11. The second kappa shape index (κ2) is 4.27. The summed E-state index contributed by atoms with van der Waals surface area (Å²) in [7, 11) is 1.60. The Hall–Kier alpha value is -0.810. The molecule has 0 aromatic carbocycles. The number of nitrogens with zero attached hydrogens (tertiary/aromatic N) is 1. The average Bonchev–Trinajstić information content (AvgIpc) is 1.85. The van der Waals surface area contributed by atoms with Crippen LogP contribution in [0.5, 0.6) is 0 Å². The third-order valence-corrected chi connectivity index (χ3v) is 1.87. The normalized spacial score (nSPS) is 18.0. The molecule has 0 aliphatic heterocycles. The number of hydroxylamine groups is 2. The number of carbonyl (C=O) groups excluding carboxylic acids is 1. The first-order chi connectivity index (χ1) is 5.40. The molecule has 0 saturated heterocycles. The summed E-state index contributed by atoms with van der Waals surface area (Å²) in [5.41, 5.74) is 4.86. The van der Waals surface area contributed by atoms with Crippen LogP contribution in [0, 0.1) is 0 Å². The van der Waals surface area contributed by atoms with Crippen LogP contribution in [0.15, 0.2) is 0 Å². The Kier molecular flexibility index (Phi) is 3.99. The zero-order valence-corrected chi connectivity index (χ0v) is 7.91. The zero-order chi connectivity index (χ0) is 9.78. The van der Waals surface area contributed by atoms with Crippen molar-refractivity contribution in [3.8, 4) is 0 Å². The third-order valence-electron chi connectivity index (χ3n) is 1.87. The van der Waals surface area contributed by atoms with Gasteiger partial charge in [0.25, 0.3) is 0 Å². The molecular formula is C7H18N3O2+. The van der Waals surface area contributed by atoms with Gasteiger partial charge in [-0.1, -0.05) is 18.1 Å². The minimum atomic E-state index is -0.844. The number of quaternary nitrogens is 1. The van der Waals surface area contributed by atoms with E-state index in [1.54, 1.807) is 7.05 Å². The van der Waals surface area contributed by atoms with E-state index in [9.17, 15) is 4.79 Å². The van der Waals surface area contributed by atoms with E-state index in [1.807, 2.05) is 13.8 Å². The molecular weight excluding hydrogens is 158 g/mol. The molecule has 0 bridgehead atoms. The maximum absolute atomic E-state index is 10.4. The molecule has 0 aliphatic rings. The van der Waals surface area contributed by atoms with Crippen molar-refractivity contribution in [2.24, 2.45) is 11.6 Å². The molecule has 4 N–H and O–H groups in total. The van der Waals surface area contributed by atoms with E-state index in [1.165, 1.54) is 0 Å². The van der Waals surface area contributed by atoms with Crippen LogP contribution in [0.1, 0.15) is 26.7 Å². The Morgan fingerprint density at radius 3 is 2.50 bits per heavy atom. The predicted molar refractivity (Wildman–Crippen MR) is 45.4 cm³/mol. The minimum absolute atomic E-state index is 0.0579. The van der Waals surface area contributed by atoms with Gasteiger partial charge in [-0.15, -0.1) is 5.84 Å². The van der Waals surface area contributed by atoms with Gasteiger partial charge in [0.1, 0.15) is 13.1 Å². The molecule has 12 heavy (non-hydrogen) atoms. The summed E-state index contributed by atoms with van der Waals surface area (Å²) in [6.07, 6.45) is 1.04. The highest BCUT2D eigenvalue weighted by Gasteiger charge is 2.29. The van der Waals surface area contributed by atoms with Crippen LogP contribution < -0.4 is 11.6 Å². The smallest absolute Gasteiger partial charge is 0.330 e. The molecule has 0 rings (SSSR count). The highest BCUT2D eigenvalue weighted by Crippen LogP contribution is 2.09. The van der Waals surface area contributed by atoms with Gasteiger partial charge in [-0.25, -0.2) is 9.63 Å². The van der Waals surface area contributed by atoms with Gasteiger partial charge in [0, 0.05) is 6.42 Å². The van der Waals surface area contributed by atoms with Gasteiger partial charge in [0.2, 0.25) is 0 Å². The summed E-state index contributed by atoms with van der Waals surface area (Å²) in [5, 5.41) is 0. The molecule has 5 heteroatoms.